The number of pyridine rings is 1. The van der Waals surface area contributed by atoms with Gasteiger partial charge >= 0.3 is 0 Å². The Morgan fingerprint density at radius 3 is 2.60 bits per heavy atom. The molecule has 6 nitrogen and oxygen atoms in total. The second kappa shape index (κ2) is 6.16. The first-order valence-electron chi connectivity index (χ1n) is 7.87. The van der Waals surface area contributed by atoms with Crippen LogP contribution in [-0.2, 0) is 0 Å². The summed E-state index contributed by atoms with van der Waals surface area (Å²) in [6, 6.07) is 13.8. The fourth-order valence-electron chi connectivity index (χ4n) is 2.65. The number of H-pyrrole nitrogens is 1. The summed E-state index contributed by atoms with van der Waals surface area (Å²) in [4.78, 5) is 11.5. The van der Waals surface area contributed by atoms with E-state index in [0.717, 1.165) is 33.4 Å². The third-order valence-electron chi connectivity index (χ3n) is 3.95. The molecule has 0 fully saturated rings. The monoisotopic (exact) mass is 328 g/mol. The molecule has 0 spiro atoms. The number of nitrogens with two attached hydrogens (primary N) is 1. The fourth-order valence-corrected chi connectivity index (χ4v) is 2.65. The fraction of sp³-hybridized carbons (Fsp3) is 0.0526. The van der Waals surface area contributed by atoms with E-state index in [-0.39, 0.29) is 0 Å². The number of benzene rings is 2. The molecule has 0 atom stereocenters. The number of fused-ring (bicyclic) bond motifs is 1. The molecule has 0 saturated heterocycles. The van der Waals surface area contributed by atoms with Crippen molar-refractivity contribution in [2.24, 2.45) is 10.2 Å². The molecular formula is C19H16N6. The van der Waals surface area contributed by atoms with Crippen LogP contribution >= 0.6 is 0 Å². The highest BCUT2D eigenvalue weighted by molar-refractivity contribution is 5.96. The number of nitrogen functional groups attached to an aromatic ring is 1. The molecule has 6 heteroatoms. The molecule has 2 aromatic heterocycles. The summed E-state index contributed by atoms with van der Waals surface area (Å²) < 4.78 is 0. The summed E-state index contributed by atoms with van der Waals surface area (Å²) in [5, 5.41) is 10.6. The van der Waals surface area contributed by atoms with Crippen molar-refractivity contribution in [3.63, 3.8) is 0 Å². The largest absolute Gasteiger partial charge is 0.382 e. The SMILES string of the molecule is Cc1ccc2cnc(N)c(/N=N/c3ccc(-c4ncc[nH]4)cc3)c2c1. The van der Waals surface area contributed by atoms with Crippen molar-refractivity contribution in [1.82, 2.24) is 15.0 Å². The molecule has 0 saturated carbocycles. The van der Waals surface area contributed by atoms with Crippen LogP contribution < -0.4 is 5.73 Å². The van der Waals surface area contributed by atoms with Crippen molar-refractivity contribution in [2.45, 2.75) is 6.92 Å². The van der Waals surface area contributed by atoms with Crippen molar-refractivity contribution in [3.8, 4) is 11.4 Å². The number of aryl methyl sites for hydroxylation is 1. The van der Waals surface area contributed by atoms with Crippen molar-refractivity contribution >= 4 is 28.0 Å². The highest BCUT2D eigenvalue weighted by atomic mass is 15.1. The zero-order valence-electron chi connectivity index (χ0n) is 13.6. The minimum absolute atomic E-state index is 0.369. The lowest BCUT2D eigenvalue weighted by Crippen LogP contribution is -1.91. The van der Waals surface area contributed by atoms with E-state index in [2.05, 4.69) is 25.2 Å². The van der Waals surface area contributed by atoms with Crippen molar-refractivity contribution in [3.05, 3.63) is 66.6 Å². The standard InChI is InChI=1S/C19H16N6/c1-12-2-3-14-11-23-18(20)17(16(14)10-12)25-24-15-6-4-13(5-7-15)19-21-8-9-22-19/h2-11H,1H3,(H2,20,23)(H,21,22)/b25-24+. The molecule has 2 aromatic carbocycles. The maximum Gasteiger partial charge on any atom is 0.151 e. The average molecular weight is 328 g/mol. The maximum atomic E-state index is 6.01. The second-order valence-corrected chi connectivity index (χ2v) is 5.77. The van der Waals surface area contributed by atoms with Crippen LogP contribution in [0.1, 0.15) is 5.56 Å². The molecule has 0 bridgehead atoms. The lowest BCUT2D eigenvalue weighted by Gasteiger charge is -2.05. The van der Waals surface area contributed by atoms with Gasteiger partial charge in [0.05, 0.1) is 5.69 Å². The number of hydrogen-bond donors (Lipinski definition) is 2. The molecule has 25 heavy (non-hydrogen) atoms. The van der Waals surface area contributed by atoms with E-state index in [1.165, 1.54) is 0 Å². The Balaban J connectivity index is 1.69. The maximum absolute atomic E-state index is 6.01. The Hall–Kier alpha value is -3.54. The van der Waals surface area contributed by atoms with Crippen LogP contribution in [-0.4, -0.2) is 15.0 Å². The molecule has 0 aliphatic rings. The summed E-state index contributed by atoms with van der Waals surface area (Å²) in [5.41, 5.74) is 9.47. The minimum atomic E-state index is 0.369. The van der Waals surface area contributed by atoms with Gasteiger partial charge in [-0.1, -0.05) is 17.7 Å². The number of anilines is 1. The van der Waals surface area contributed by atoms with Gasteiger partial charge in [0.1, 0.15) is 11.5 Å². The Kier molecular flexibility index (Phi) is 3.70. The number of aromatic nitrogens is 3. The summed E-state index contributed by atoms with van der Waals surface area (Å²) in [7, 11) is 0. The van der Waals surface area contributed by atoms with Gasteiger partial charge in [0, 0.05) is 34.9 Å². The normalized spacial score (nSPS) is 11.4. The van der Waals surface area contributed by atoms with Gasteiger partial charge in [-0.2, -0.15) is 5.11 Å². The van der Waals surface area contributed by atoms with Gasteiger partial charge in [0.15, 0.2) is 5.82 Å². The third-order valence-corrected chi connectivity index (χ3v) is 3.95. The number of aromatic amines is 1. The summed E-state index contributed by atoms with van der Waals surface area (Å²) in [6.07, 6.45) is 5.27. The van der Waals surface area contributed by atoms with Crippen molar-refractivity contribution in [1.29, 1.82) is 0 Å². The van der Waals surface area contributed by atoms with Crippen LogP contribution in [0.2, 0.25) is 0 Å². The Bertz CT molecular complexity index is 1040. The van der Waals surface area contributed by atoms with E-state index in [1.54, 1.807) is 18.6 Å². The number of azo groups is 1. The van der Waals surface area contributed by atoms with Crippen molar-refractivity contribution < 1.29 is 0 Å². The first kappa shape index (κ1) is 15.0. The Morgan fingerprint density at radius 1 is 1.00 bits per heavy atom. The molecule has 122 valence electrons. The van der Waals surface area contributed by atoms with Crippen molar-refractivity contribution in [2.75, 3.05) is 5.73 Å². The van der Waals surface area contributed by atoms with E-state index in [0.29, 0.717) is 11.5 Å². The first-order valence-corrected chi connectivity index (χ1v) is 7.87. The highest BCUT2D eigenvalue weighted by Crippen LogP contribution is 2.32. The van der Waals surface area contributed by atoms with E-state index >= 15 is 0 Å². The molecule has 0 amide bonds. The number of hydrogen-bond acceptors (Lipinski definition) is 5. The number of nitrogens with one attached hydrogen (secondary N) is 1. The quantitative estimate of drug-likeness (QED) is 0.522. The van der Waals surface area contributed by atoms with Gasteiger partial charge in [-0.3, -0.25) is 0 Å². The van der Waals surface area contributed by atoms with Crippen LogP contribution in [0.3, 0.4) is 0 Å². The average Bonchev–Trinajstić information content (AvgIpc) is 3.16. The van der Waals surface area contributed by atoms with Gasteiger partial charge in [0.2, 0.25) is 0 Å². The number of rotatable bonds is 3. The molecule has 4 rings (SSSR count). The Morgan fingerprint density at radius 2 is 1.84 bits per heavy atom. The number of nitrogens with zero attached hydrogens (tertiary/aromatic N) is 4. The summed E-state index contributed by atoms with van der Waals surface area (Å²) in [6.45, 7) is 2.03. The lowest BCUT2D eigenvalue weighted by atomic mass is 10.1. The predicted octanol–water partition coefficient (Wildman–Crippen LogP) is 4.93. The van der Waals surface area contributed by atoms with Crippen LogP contribution in [0.4, 0.5) is 17.2 Å². The molecule has 4 aromatic rings. The van der Waals surface area contributed by atoms with Gasteiger partial charge in [-0.15, -0.1) is 5.11 Å². The van der Waals surface area contributed by atoms with Crippen LogP contribution in [0, 0.1) is 6.92 Å². The topological polar surface area (TPSA) is 92.3 Å². The lowest BCUT2D eigenvalue weighted by molar-refractivity contribution is 1.22. The molecule has 0 aliphatic heterocycles. The third kappa shape index (κ3) is 2.97. The summed E-state index contributed by atoms with van der Waals surface area (Å²) >= 11 is 0. The van der Waals surface area contributed by atoms with E-state index in [1.807, 2.05) is 49.4 Å². The van der Waals surface area contributed by atoms with Crippen LogP contribution in [0.25, 0.3) is 22.2 Å². The van der Waals surface area contributed by atoms with E-state index in [9.17, 15) is 0 Å². The second-order valence-electron chi connectivity index (χ2n) is 5.77. The molecule has 0 radical (unpaired) electrons. The molecule has 3 N–H and O–H groups in total. The molecular weight excluding hydrogens is 312 g/mol. The number of imidazole rings is 1. The zero-order valence-corrected chi connectivity index (χ0v) is 13.6. The van der Waals surface area contributed by atoms with E-state index < -0.39 is 0 Å². The smallest absolute Gasteiger partial charge is 0.151 e. The zero-order chi connectivity index (χ0) is 17.2. The molecule has 2 heterocycles. The van der Waals surface area contributed by atoms with Gasteiger partial charge < -0.3 is 10.7 Å². The van der Waals surface area contributed by atoms with Crippen LogP contribution in [0.15, 0.2) is 71.3 Å². The highest BCUT2D eigenvalue weighted by Gasteiger charge is 2.07. The first-order chi connectivity index (χ1) is 12.2. The Labute approximate surface area is 144 Å². The molecule has 0 aliphatic carbocycles. The van der Waals surface area contributed by atoms with Gasteiger partial charge in [-0.05, 0) is 37.3 Å². The van der Waals surface area contributed by atoms with Crippen LogP contribution in [0.5, 0.6) is 0 Å². The predicted molar refractivity (Wildman–Crippen MR) is 99.1 cm³/mol. The minimum Gasteiger partial charge on any atom is -0.382 e. The van der Waals surface area contributed by atoms with Gasteiger partial charge in [-0.25, -0.2) is 9.97 Å². The van der Waals surface area contributed by atoms with E-state index in [4.69, 9.17) is 5.73 Å². The summed E-state index contributed by atoms with van der Waals surface area (Å²) in [5.74, 6) is 1.19. The molecule has 0 unspecified atom stereocenters. The van der Waals surface area contributed by atoms with Gasteiger partial charge in [0.25, 0.3) is 0 Å².